The van der Waals surface area contributed by atoms with Gasteiger partial charge in [0.1, 0.15) is 5.54 Å². The predicted molar refractivity (Wildman–Crippen MR) is 120 cm³/mol. The molecule has 1 amide bonds. The van der Waals surface area contributed by atoms with Gasteiger partial charge in [0.05, 0.1) is 28.4 Å². The average Bonchev–Trinajstić information content (AvgIpc) is 2.73. The topological polar surface area (TPSA) is 79.0 Å². The third kappa shape index (κ3) is 4.10. The van der Waals surface area contributed by atoms with E-state index in [0.29, 0.717) is 16.1 Å². The van der Waals surface area contributed by atoms with Crippen molar-refractivity contribution in [2.45, 2.75) is 38.4 Å². The lowest BCUT2D eigenvalue weighted by Crippen LogP contribution is -2.44. The molecule has 154 valence electrons. The van der Waals surface area contributed by atoms with Gasteiger partial charge < -0.3 is 4.90 Å². The van der Waals surface area contributed by atoms with E-state index >= 15 is 0 Å². The van der Waals surface area contributed by atoms with Crippen LogP contribution in [0.2, 0.25) is 0 Å². The lowest BCUT2D eigenvalue weighted by Gasteiger charge is -2.29. The maximum atomic E-state index is 13.4. The van der Waals surface area contributed by atoms with Crippen LogP contribution in [0.25, 0.3) is 16.6 Å². The third-order valence-corrected chi connectivity index (χ3v) is 6.08. The van der Waals surface area contributed by atoms with E-state index in [0.717, 1.165) is 16.8 Å². The van der Waals surface area contributed by atoms with E-state index in [4.69, 9.17) is 0 Å². The molecule has 0 aliphatic heterocycles. The summed E-state index contributed by atoms with van der Waals surface area (Å²) in [4.78, 5) is 32.2. The van der Waals surface area contributed by atoms with E-state index in [-0.39, 0.29) is 17.2 Å². The number of aromatic nitrogens is 2. The Hall–Kier alpha value is -3.11. The molecule has 7 heteroatoms. The summed E-state index contributed by atoms with van der Waals surface area (Å²) in [5.74, 6) is -0.140. The summed E-state index contributed by atoms with van der Waals surface area (Å²) in [6.45, 7) is 7.29. The zero-order chi connectivity index (χ0) is 22.1. The number of hydrogen-bond donors (Lipinski definition) is 0. The van der Waals surface area contributed by atoms with Crippen molar-refractivity contribution < 1.29 is 4.79 Å². The Bertz CT molecular complexity index is 1220. The van der Waals surface area contributed by atoms with Gasteiger partial charge in [-0.1, -0.05) is 36.0 Å². The zero-order valence-corrected chi connectivity index (χ0v) is 18.6. The van der Waals surface area contributed by atoms with Crippen molar-refractivity contribution in [2.24, 2.45) is 0 Å². The molecule has 1 aromatic heterocycles. The maximum absolute atomic E-state index is 13.4. The van der Waals surface area contributed by atoms with Crippen molar-refractivity contribution in [3.8, 4) is 11.8 Å². The Labute approximate surface area is 180 Å². The highest BCUT2D eigenvalue weighted by molar-refractivity contribution is 7.99. The number of para-hydroxylation sites is 1. The molecule has 3 aromatic rings. The lowest BCUT2D eigenvalue weighted by atomic mass is 10.1. The van der Waals surface area contributed by atoms with Gasteiger partial charge in [-0.25, -0.2) is 4.98 Å². The first-order valence-electron chi connectivity index (χ1n) is 9.56. The third-order valence-electron chi connectivity index (χ3n) is 5.16. The van der Waals surface area contributed by atoms with E-state index in [1.807, 2.05) is 44.2 Å². The van der Waals surface area contributed by atoms with Gasteiger partial charge in [0.15, 0.2) is 5.16 Å². The summed E-state index contributed by atoms with van der Waals surface area (Å²) in [7, 11) is 1.61. The van der Waals surface area contributed by atoms with Crippen LogP contribution in [0.15, 0.2) is 52.4 Å². The van der Waals surface area contributed by atoms with Crippen molar-refractivity contribution in [1.82, 2.24) is 14.5 Å². The van der Waals surface area contributed by atoms with E-state index < -0.39 is 5.54 Å². The second-order valence-electron chi connectivity index (χ2n) is 7.75. The quantitative estimate of drug-likeness (QED) is 0.463. The molecule has 0 aliphatic rings. The van der Waals surface area contributed by atoms with E-state index in [2.05, 4.69) is 11.1 Å². The second kappa shape index (κ2) is 8.33. The SMILES string of the molecule is Cc1ccc(C)c(-n2c(SCC(=O)N(C)C(C)(C)C#N)nc3ccccc3c2=O)c1. The first-order chi connectivity index (χ1) is 14.2. The molecule has 30 heavy (non-hydrogen) atoms. The number of amides is 1. The summed E-state index contributed by atoms with van der Waals surface area (Å²) in [6, 6.07) is 15.2. The normalized spacial score (nSPS) is 11.3. The molecular formula is C23H24N4O2S. The average molecular weight is 421 g/mol. The highest BCUT2D eigenvalue weighted by Gasteiger charge is 2.27. The maximum Gasteiger partial charge on any atom is 0.266 e. The number of aryl methyl sites for hydroxylation is 2. The minimum Gasteiger partial charge on any atom is -0.327 e. The number of thioether (sulfide) groups is 1. The zero-order valence-electron chi connectivity index (χ0n) is 17.8. The largest absolute Gasteiger partial charge is 0.327 e. The standard InChI is InChI=1S/C23H24N4O2S/c1-15-10-11-16(2)19(12-15)27-21(29)17-8-6-7-9-18(17)25-22(27)30-13-20(28)26(5)23(3,4)14-24/h6-12H,13H2,1-5H3. The number of benzene rings is 2. The molecule has 0 radical (unpaired) electrons. The van der Waals surface area contributed by atoms with Gasteiger partial charge in [-0.2, -0.15) is 5.26 Å². The van der Waals surface area contributed by atoms with E-state index in [1.54, 1.807) is 37.6 Å². The molecule has 0 aliphatic carbocycles. The molecule has 0 bridgehead atoms. The number of carbonyl (C=O) groups excluding carboxylic acids is 1. The Morgan fingerprint density at radius 2 is 1.93 bits per heavy atom. The van der Waals surface area contributed by atoms with Crippen LogP contribution in [0, 0.1) is 25.2 Å². The second-order valence-corrected chi connectivity index (χ2v) is 8.70. The molecule has 3 rings (SSSR count). The van der Waals surface area contributed by atoms with Gasteiger partial charge in [-0.3, -0.25) is 14.2 Å². The number of nitriles is 1. The van der Waals surface area contributed by atoms with Crippen molar-refractivity contribution in [2.75, 3.05) is 12.8 Å². The predicted octanol–water partition coefficient (Wildman–Crippen LogP) is 3.86. The fourth-order valence-corrected chi connectivity index (χ4v) is 3.91. The highest BCUT2D eigenvalue weighted by atomic mass is 32.2. The molecule has 0 spiro atoms. The number of nitrogens with zero attached hydrogens (tertiary/aromatic N) is 4. The van der Waals surface area contributed by atoms with Crippen LogP contribution in [-0.4, -0.2) is 38.7 Å². The van der Waals surface area contributed by atoms with Gasteiger partial charge >= 0.3 is 0 Å². The molecule has 6 nitrogen and oxygen atoms in total. The van der Waals surface area contributed by atoms with Crippen molar-refractivity contribution in [3.63, 3.8) is 0 Å². The molecule has 0 N–H and O–H groups in total. The van der Waals surface area contributed by atoms with Gasteiger partial charge in [-0.15, -0.1) is 0 Å². The number of fused-ring (bicyclic) bond motifs is 1. The van der Waals surface area contributed by atoms with Gasteiger partial charge in [0.2, 0.25) is 5.91 Å². The van der Waals surface area contributed by atoms with Crippen LogP contribution in [0.4, 0.5) is 0 Å². The number of carbonyl (C=O) groups is 1. The Morgan fingerprint density at radius 3 is 2.63 bits per heavy atom. The van der Waals surface area contributed by atoms with Crippen LogP contribution < -0.4 is 5.56 Å². The fourth-order valence-electron chi connectivity index (χ4n) is 2.99. The van der Waals surface area contributed by atoms with Crippen molar-refractivity contribution in [1.29, 1.82) is 5.26 Å². The molecular weight excluding hydrogens is 396 g/mol. The van der Waals surface area contributed by atoms with Crippen LogP contribution in [0.3, 0.4) is 0 Å². The summed E-state index contributed by atoms with van der Waals surface area (Å²) >= 11 is 1.20. The van der Waals surface area contributed by atoms with E-state index in [9.17, 15) is 14.9 Å². The summed E-state index contributed by atoms with van der Waals surface area (Å²) < 4.78 is 1.58. The minimum absolute atomic E-state index is 0.0667. The van der Waals surface area contributed by atoms with Crippen molar-refractivity contribution in [3.05, 3.63) is 63.9 Å². The molecule has 2 aromatic carbocycles. The first-order valence-corrected chi connectivity index (χ1v) is 10.5. The van der Waals surface area contributed by atoms with Crippen LogP contribution in [0.5, 0.6) is 0 Å². The van der Waals surface area contributed by atoms with E-state index in [1.165, 1.54) is 16.7 Å². The monoisotopic (exact) mass is 420 g/mol. The number of hydrogen-bond acceptors (Lipinski definition) is 5. The highest BCUT2D eigenvalue weighted by Crippen LogP contribution is 2.25. The van der Waals surface area contributed by atoms with Crippen LogP contribution in [-0.2, 0) is 4.79 Å². The summed E-state index contributed by atoms with van der Waals surface area (Å²) in [6.07, 6.45) is 0. The molecule has 0 unspecified atom stereocenters. The molecule has 1 heterocycles. The summed E-state index contributed by atoms with van der Waals surface area (Å²) in [5, 5.41) is 10.3. The molecule has 0 atom stereocenters. The van der Waals surface area contributed by atoms with Crippen LogP contribution in [0.1, 0.15) is 25.0 Å². The fraction of sp³-hybridized carbons (Fsp3) is 0.304. The Morgan fingerprint density at radius 1 is 1.23 bits per heavy atom. The molecule has 0 fully saturated rings. The smallest absolute Gasteiger partial charge is 0.266 e. The first kappa shape index (κ1) is 21.6. The van der Waals surface area contributed by atoms with Gasteiger partial charge in [0.25, 0.3) is 5.56 Å². The Balaban J connectivity index is 2.10. The Kier molecular flexibility index (Phi) is 5.99. The lowest BCUT2D eigenvalue weighted by molar-refractivity contribution is -0.130. The summed E-state index contributed by atoms with van der Waals surface area (Å²) in [5.41, 5.74) is 2.22. The minimum atomic E-state index is -0.915. The van der Waals surface area contributed by atoms with Gasteiger partial charge in [0, 0.05) is 7.05 Å². The van der Waals surface area contributed by atoms with Gasteiger partial charge in [-0.05, 0) is 57.0 Å². The van der Waals surface area contributed by atoms with Crippen LogP contribution >= 0.6 is 11.8 Å². The van der Waals surface area contributed by atoms with Crippen molar-refractivity contribution >= 4 is 28.6 Å². The molecule has 0 saturated carbocycles. The molecule has 0 saturated heterocycles. The number of rotatable bonds is 5.